The number of fused-ring (bicyclic) bond motifs is 1. The van der Waals surface area contributed by atoms with Gasteiger partial charge in [-0.05, 0) is 91.5 Å². The van der Waals surface area contributed by atoms with E-state index in [4.69, 9.17) is 0 Å². The third-order valence-corrected chi connectivity index (χ3v) is 6.43. The van der Waals surface area contributed by atoms with Gasteiger partial charge in [-0.15, -0.1) is 0 Å². The van der Waals surface area contributed by atoms with Gasteiger partial charge < -0.3 is 9.47 Å². The predicted octanol–water partition coefficient (Wildman–Crippen LogP) is 4.55. The zero-order valence-corrected chi connectivity index (χ0v) is 18.1. The van der Waals surface area contributed by atoms with Gasteiger partial charge in [0.2, 0.25) is 5.78 Å². The van der Waals surface area contributed by atoms with Gasteiger partial charge in [0.1, 0.15) is 4.60 Å². The van der Waals surface area contributed by atoms with Crippen molar-refractivity contribution in [3.8, 4) is 0 Å². The van der Waals surface area contributed by atoms with E-state index in [1.807, 2.05) is 11.6 Å². The van der Waals surface area contributed by atoms with Crippen molar-refractivity contribution in [2.45, 2.75) is 37.6 Å². The lowest BCUT2D eigenvalue weighted by Gasteiger charge is -2.32. The molecular weight excluding hydrogens is 416 g/mol. The standard InChI is InChI=1S/C22H25BrN4O/c1-26(2)17-7-4-14(5-8-17)15-6-9-18-19(12-15)27(3)22(25-18)21(28)16-10-11-24-20(23)13-16/h6,9-14,17H,4-5,7-8H2,1-3H3. The number of imidazole rings is 1. The maximum absolute atomic E-state index is 12.9. The molecule has 4 rings (SSSR count). The van der Waals surface area contributed by atoms with Crippen molar-refractivity contribution < 1.29 is 4.79 Å². The van der Waals surface area contributed by atoms with E-state index in [1.165, 1.54) is 31.2 Å². The van der Waals surface area contributed by atoms with Gasteiger partial charge in [0.05, 0.1) is 11.0 Å². The minimum Gasteiger partial charge on any atom is -0.324 e. The molecule has 6 heteroatoms. The van der Waals surface area contributed by atoms with Crippen molar-refractivity contribution in [3.05, 3.63) is 58.1 Å². The van der Waals surface area contributed by atoms with E-state index in [-0.39, 0.29) is 5.78 Å². The van der Waals surface area contributed by atoms with E-state index in [9.17, 15) is 4.79 Å². The quantitative estimate of drug-likeness (QED) is 0.440. The number of pyridine rings is 1. The first-order valence-corrected chi connectivity index (χ1v) is 10.5. The van der Waals surface area contributed by atoms with Crippen molar-refractivity contribution in [3.63, 3.8) is 0 Å². The monoisotopic (exact) mass is 440 g/mol. The number of aromatic nitrogens is 3. The largest absolute Gasteiger partial charge is 0.324 e. The minimum atomic E-state index is -0.0881. The SMILES string of the molecule is CN(C)C1CCC(c2ccc3nc(C(=O)c4ccnc(Br)c4)n(C)c3c2)CC1. The van der Waals surface area contributed by atoms with Crippen LogP contribution in [0.15, 0.2) is 41.1 Å². The van der Waals surface area contributed by atoms with Gasteiger partial charge in [0, 0.05) is 24.8 Å². The summed E-state index contributed by atoms with van der Waals surface area (Å²) in [5.74, 6) is 0.960. The fourth-order valence-corrected chi connectivity index (χ4v) is 4.63. The Kier molecular flexibility index (Phi) is 5.34. The molecule has 3 aromatic rings. The number of carbonyl (C=O) groups excluding carboxylic acids is 1. The average Bonchev–Trinajstić information content (AvgIpc) is 3.03. The molecule has 0 N–H and O–H groups in total. The van der Waals surface area contributed by atoms with Gasteiger partial charge in [-0.25, -0.2) is 9.97 Å². The summed E-state index contributed by atoms with van der Waals surface area (Å²) < 4.78 is 2.56. The van der Waals surface area contributed by atoms with E-state index < -0.39 is 0 Å². The Balaban J connectivity index is 1.62. The summed E-state index contributed by atoms with van der Waals surface area (Å²) in [6.45, 7) is 0. The van der Waals surface area contributed by atoms with E-state index in [0.29, 0.717) is 28.0 Å². The lowest BCUT2D eigenvalue weighted by molar-refractivity contribution is 0.102. The first-order valence-electron chi connectivity index (χ1n) is 9.73. The van der Waals surface area contributed by atoms with Crippen LogP contribution in [0.4, 0.5) is 0 Å². The molecule has 0 amide bonds. The van der Waals surface area contributed by atoms with Gasteiger partial charge in [-0.2, -0.15) is 0 Å². The van der Waals surface area contributed by atoms with Crippen molar-refractivity contribution >= 4 is 32.7 Å². The van der Waals surface area contributed by atoms with Gasteiger partial charge >= 0.3 is 0 Å². The summed E-state index contributed by atoms with van der Waals surface area (Å²) in [4.78, 5) is 24.0. The Bertz CT molecular complexity index is 1020. The molecule has 0 spiro atoms. The molecule has 0 aliphatic heterocycles. The van der Waals surface area contributed by atoms with Crippen molar-refractivity contribution in [2.24, 2.45) is 7.05 Å². The van der Waals surface area contributed by atoms with E-state index in [2.05, 4.69) is 63.1 Å². The second-order valence-corrected chi connectivity index (χ2v) is 8.72. The van der Waals surface area contributed by atoms with Crippen LogP contribution in [-0.4, -0.2) is 45.4 Å². The Morgan fingerprint density at radius 2 is 1.89 bits per heavy atom. The summed E-state index contributed by atoms with van der Waals surface area (Å²) in [6, 6.07) is 10.6. The predicted molar refractivity (Wildman–Crippen MR) is 115 cm³/mol. The number of carbonyl (C=O) groups is 1. The smallest absolute Gasteiger partial charge is 0.228 e. The van der Waals surface area contributed by atoms with Gasteiger partial charge in [0.15, 0.2) is 5.82 Å². The second-order valence-electron chi connectivity index (χ2n) is 7.91. The lowest BCUT2D eigenvalue weighted by atomic mass is 9.81. The van der Waals surface area contributed by atoms with Crippen LogP contribution in [0.1, 0.15) is 53.3 Å². The van der Waals surface area contributed by atoms with Gasteiger partial charge in [-0.3, -0.25) is 4.79 Å². The molecule has 2 aromatic heterocycles. The van der Waals surface area contributed by atoms with Gasteiger partial charge in [0.25, 0.3) is 0 Å². The Hall–Kier alpha value is -2.05. The fourth-order valence-electron chi connectivity index (χ4n) is 4.26. The minimum absolute atomic E-state index is 0.0881. The maximum Gasteiger partial charge on any atom is 0.228 e. The number of aryl methyl sites for hydroxylation is 1. The van der Waals surface area contributed by atoms with Crippen LogP contribution >= 0.6 is 15.9 Å². The van der Waals surface area contributed by atoms with E-state index in [0.717, 1.165) is 11.0 Å². The molecule has 1 fully saturated rings. The molecule has 0 unspecified atom stereocenters. The molecule has 1 aliphatic rings. The number of hydrogen-bond acceptors (Lipinski definition) is 4. The highest BCUT2D eigenvalue weighted by atomic mass is 79.9. The molecule has 1 aromatic carbocycles. The Morgan fingerprint density at radius 3 is 2.57 bits per heavy atom. The van der Waals surface area contributed by atoms with Crippen LogP contribution in [-0.2, 0) is 7.05 Å². The zero-order valence-electron chi connectivity index (χ0n) is 16.5. The Morgan fingerprint density at radius 1 is 1.14 bits per heavy atom. The van der Waals surface area contributed by atoms with Crippen molar-refractivity contribution in [2.75, 3.05) is 14.1 Å². The molecule has 5 nitrogen and oxygen atoms in total. The number of benzene rings is 1. The van der Waals surface area contributed by atoms with E-state index >= 15 is 0 Å². The molecule has 0 bridgehead atoms. The summed E-state index contributed by atoms with van der Waals surface area (Å²) >= 11 is 3.33. The van der Waals surface area contributed by atoms with Crippen LogP contribution in [0.5, 0.6) is 0 Å². The molecule has 146 valence electrons. The highest BCUT2D eigenvalue weighted by Gasteiger charge is 2.24. The van der Waals surface area contributed by atoms with Gasteiger partial charge in [-0.1, -0.05) is 6.07 Å². The highest BCUT2D eigenvalue weighted by Crippen LogP contribution is 2.35. The first kappa shape index (κ1) is 19.3. The van der Waals surface area contributed by atoms with E-state index in [1.54, 1.807) is 18.3 Å². The highest BCUT2D eigenvalue weighted by molar-refractivity contribution is 9.10. The molecule has 2 heterocycles. The summed E-state index contributed by atoms with van der Waals surface area (Å²) in [6.07, 6.45) is 6.53. The lowest BCUT2D eigenvalue weighted by Crippen LogP contribution is -2.31. The number of ketones is 1. The normalized spacial score (nSPS) is 20.0. The number of hydrogen-bond donors (Lipinski definition) is 0. The number of nitrogens with zero attached hydrogens (tertiary/aromatic N) is 4. The van der Waals surface area contributed by atoms with Crippen molar-refractivity contribution in [1.29, 1.82) is 0 Å². The first-order chi connectivity index (χ1) is 13.4. The third-order valence-electron chi connectivity index (χ3n) is 6.00. The fraction of sp³-hybridized carbons (Fsp3) is 0.409. The molecule has 0 radical (unpaired) electrons. The molecule has 28 heavy (non-hydrogen) atoms. The number of halogens is 1. The topological polar surface area (TPSA) is 51.0 Å². The molecule has 1 saturated carbocycles. The van der Waals surface area contributed by atoms with Crippen LogP contribution in [0.2, 0.25) is 0 Å². The maximum atomic E-state index is 12.9. The van der Waals surface area contributed by atoms with Crippen molar-refractivity contribution in [1.82, 2.24) is 19.4 Å². The summed E-state index contributed by atoms with van der Waals surface area (Å²) in [5.41, 5.74) is 3.83. The second kappa shape index (κ2) is 7.76. The van der Waals surface area contributed by atoms with Crippen LogP contribution in [0.3, 0.4) is 0 Å². The molecule has 1 aliphatic carbocycles. The molecule has 0 atom stereocenters. The molecule has 0 saturated heterocycles. The van der Waals surface area contributed by atoms with Crippen LogP contribution in [0, 0.1) is 0 Å². The third kappa shape index (κ3) is 3.63. The summed E-state index contributed by atoms with van der Waals surface area (Å²) in [7, 11) is 6.27. The Labute approximate surface area is 173 Å². The number of rotatable bonds is 4. The summed E-state index contributed by atoms with van der Waals surface area (Å²) in [5, 5.41) is 0. The van der Waals surface area contributed by atoms with Crippen LogP contribution in [0.25, 0.3) is 11.0 Å². The molecular formula is C22H25BrN4O. The average molecular weight is 441 g/mol. The zero-order chi connectivity index (χ0) is 19.8. The van der Waals surface area contributed by atoms with Crippen LogP contribution < -0.4 is 0 Å².